The number of hydrogen-bond acceptors (Lipinski definition) is 4. The summed E-state index contributed by atoms with van der Waals surface area (Å²) in [5, 5.41) is 0. The second kappa shape index (κ2) is 6.98. The zero-order valence-electron chi connectivity index (χ0n) is 15.3. The van der Waals surface area contributed by atoms with Crippen LogP contribution in [-0.2, 0) is 17.7 Å². The van der Waals surface area contributed by atoms with Crippen LogP contribution in [0.3, 0.4) is 0 Å². The molecule has 3 heterocycles. The van der Waals surface area contributed by atoms with Crippen molar-refractivity contribution in [3.63, 3.8) is 0 Å². The lowest BCUT2D eigenvalue weighted by molar-refractivity contribution is -0.0503. The van der Waals surface area contributed by atoms with Gasteiger partial charge in [-0.15, -0.1) is 0 Å². The molecule has 27 heavy (non-hydrogen) atoms. The number of benzene rings is 2. The van der Waals surface area contributed by atoms with E-state index in [9.17, 15) is 4.79 Å². The molecule has 5 rings (SSSR count). The predicted molar refractivity (Wildman–Crippen MR) is 102 cm³/mol. The van der Waals surface area contributed by atoms with Gasteiger partial charge in [0.15, 0.2) is 0 Å². The van der Waals surface area contributed by atoms with Gasteiger partial charge in [-0.25, -0.2) is 0 Å². The second-order valence-corrected chi connectivity index (χ2v) is 7.54. The highest BCUT2D eigenvalue weighted by molar-refractivity contribution is 5.97. The monoisotopic (exact) mass is 364 g/mol. The van der Waals surface area contributed by atoms with Gasteiger partial charge < -0.3 is 14.4 Å². The predicted octanol–water partition coefficient (Wildman–Crippen LogP) is 2.35. The number of carbonyl (C=O) groups excluding carboxylic acids is 1. The quantitative estimate of drug-likeness (QED) is 0.838. The van der Waals surface area contributed by atoms with Gasteiger partial charge in [-0.2, -0.15) is 0 Å². The second-order valence-electron chi connectivity index (χ2n) is 7.54. The van der Waals surface area contributed by atoms with Gasteiger partial charge >= 0.3 is 0 Å². The summed E-state index contributed by atoms with van der Waals surface area (Å²) in [6, 6.07) is 16.7. The summed E-state index contributed by atoms with van der Waals surface area (Å²) >= 11 is 0. The number of nitrogens with zero attached hydrogens (tertiary/aromatic N) is 2. The van der Waals surface area contributed by atoms with E-state index < -0.39 is 0 Å². The van der Waals surface area contributed by atoms with E-state index in [1.54, 1.807) is 0 Å². The Kier molecular flexibility index (Phi) is 4.34. The van der Waals surface area contributed by atoms with Gasteiger partial charge in [0.05, 0.1) is 30.9 Å². The van der Waals surface area contributed by atoms with Crippen molar-refractivity contribution in [2.75, 3.05) is 32.8 Å². The third-order valence-corrected chi connectivity index (χ3v) is 5.88. The van der Waals surface area contributed by atoms with Crippen LogP contribution in [0.4, 0.5) is 0 Å². The van der Waals surface area contributed by atoms with Crippen molar-refractivity contribution in [1.82, 2.24) is 9.80 Å². The van der Waals surface area contributed by atoms with E-state index in [-0.39, 0.29) is 18.1 Å². The van der Waals surface area contributed by atoms with Crippen LogP contribution in [-0.4, -0.2) is 60.7 Å². The molecular formula is C22H24N2O3. The number of ether oxygens (including phenoxy) is 2. The first-order chi connectivity index (χ1) is 13.3. The molecule has 2 fully saturated rings. The summed E-state index contributed by atoms with van der Waals surface area (Å²) in [6.07, 6.45) is 0.972. The minimum Gasteiger partial charge on any atom is -0.492 e. The molecule has 1 amide bonds. The van der Waals surface area contributed by atoms with Gasteiger partial charge in [0.1, 0.15) is 5.75 Å². The molecule has 5 nitrogen and oxygen atoms in total. The summed E-state index contributed by atoms with van der Waals surface area (Å²) < 4.78 is 11.8. The molecule has 0 radical (unpaired) electrons. The number of likely N-dealkylation sites (tertiary alicyclic amines) is 1. The molecule has 2 saturated heterocycles. The Labute approximate surface area is 159 Å². The average Bonchev–Trinajstić information content (AvgIpc) is 3.35. The van der Waals surface area contributed by atoms with Crippen LogP contribution in [0.15, 0.2) is 48.5 Å². The van der Waals surface area contributed by atoms with Crippen LogP contribution in [0.25, 0.3) is 0 Å². The number of amides is 1. The van der Waals surface area contributed by atoms with Crippen LogP contribution < -0.4 is 4.74 Å². The highest BCUT2D eigenvalue weighted by atomic mass is 16.5. The van der Waals surface area contributed by atoms with E-state index in [0.29, 0.717) is 25.3 Å². The number of morpholine rings is 1. The normalized spacial score (nSPS) is 24.4. The van der Waals surface area contributed by atoms with Crippen molar-refractivity contribution < 1.29 is 14.3 Å². The maximum absolute atomic E-state index is 13.2. The molecule has 2 unspecified atom stereocenters. The molecule has 0 spiro atoms. The number of carbonyl (C=O) groups is 1. The summed E-state index contributed by atoms with van der Waals surface area (Å²) in [6.45, 7) is 4.55. The third-order valence-electron chi connectivity index (χ3n) is 5.88. The fourth-order valence-corrected chi connectivity index (χ4v) is 4.49. The Bertz CT molecular complexity index is 839. The largest absolute Gasteiger partial charge is 0.492 e. The summed E-state index contributed by atoms with van der Waals surface area (Å²) in [5.74, 6) is 0.839. The molecule has 140 valence electrons. The van der Waals surface area contributed by atoms with Gasteiger partial charge in [0.25, 0.3) is 5.91 Å². The summed E-state index contributed by atoms with van der Waals surface area (Å²) in [4.78, 5) is 17.6. The molecule has 5 heteroatoms. The molecule has 0 bridgehead atoms. The molecule has 2 aromatic carbocycles. The van der Waals surface area contributed by atoms with E-state index in [4.69, 9.17) is 9.47 Å². The maximum Gasteiger partial charge on any atom is 0.257 e. The molecule has 0 N–H and O–H groups in total. The minimum absolute atomic E-state index is 0.0615. The van der Waals surface area contributed by atoms with Crippen molar-refractivity contribution in [3.8, 4) is 5.75 Å². The first kappa shape index (κ1) is 16.8. The molecular weight excluding hydrogens is 340 g/mol. The standard InChI is InChI=1S/C22H24N2O3/c25-22(18-8-4-7-17-9-11-27-21(17)18)24-14-19-20(15-24)26-12-10-23(19)13-16-5-2-1-3-6-16/h1-8,19-20H,9-15H2. The van der Waals surface area contributed by atoms with Crippen LogP contribution in [0, 0.1) is 0 Å². The Hall–Kier alpha value is -2.37. The van der Waals surface area contributed by atoms with Gasteiger partial charge in [-0.3, -0.25) is 9.69 Å². The maximum atomic E-state index is 13.2. The fourth-order valence-electron chi connectivity index (χ4n) is 4.49. The van der Waals surface area contributed by atoms with Gasteiger partial charge in [0, 0.05) is 32.6 Å². The number of fused-ring (bicyclic) bond motifs is 2. The molecule has 2 aromatic rings. The van der Waals surface area contributed by atoms with Crippen molar-refractivity contribution in [1.29, 1.82) is 0 Å². The fraction of sp³-hybridized carbons (Fsp3) is 0.409. The molecule has 3 aliphatic rings. The zero-order chi connectivity index (χ0) is 18.2. The SMILES string of the molecule is O=C(c1cccc2c1OCC2)N1CC2OCCN(Cc3ccccc3)C2C1. The van der Waals surface area contributed by atoms with Crippen molar-refractivity contribution in [2.24, 2.45) is 0 Å². The number of hydrogen-bond donors (Lipinski definition) is 0. The van der Waals surface area contributed by atoms with E-state index in [0.717, 1.165) is 37.4 Å². The first-order valence-electron chi connectivity index (χ1n) is 9.73. The summed E-state index contributed by atoms with van der Waals surface area (Å²) in [7, 11) is 0. The Balaban J connectivity index is 1.34. The Morgan fingerprint density at radius 2 is 1.93 bits per heavy atom. The van der Waals surface area contributed by atoms with Gasteiger partial charge in [-0.05, 0) is 17.2 Å². The van der Waals surface area contributed by atoms with Crippen LogP contribution >= 0.6 is 0 Å². The Morgan fingerprint density at radius 1 is 1.04 bits per heavy atom. The lowest BCUT2D eigenvalue weighted by Gasteiger charge is -2.36. The van der Waals surface area contributed by atoms with Crippen LogP contribution in [0.2, 0.25) is 0 Å². The molecule has 0 saturated carbocycles. The van der Waals surface area contributed by atoms with Gasteiger partial charge in [-0.1, -0.05) is 42.5 Å². The van der Waals surface area contributed by atoms with Gasteiger partial charge in [0.2, 0.25) is 0 Å². The highest BCUT2D eigenvalue weighted by Gasteiger charge is 2.42. The van der Waals surface area contributed by atoms with E-state index in [1.165, 1.54) is 5.56 Å². The first-order valence-corrected chi connectivity index (χ1v) is 9.73. The minimum atomic E-state index is 0.0615. The van der Waals surface area contributed by atoms with Crippen molar-refractivity contribution in [2.45, 2.75) is 25.1 Å². The Morgan fingerprint density at radius 3 is 2.81 bits per heavy atom. The topological polar surface area (TPSA) is 42.0 Å². The number of rotatable bonds is 3. The zero-order valence-corrected chi connectivity index (χ0v) is 15.3. The molecule has 2 atom stereocenters. The summed E-state index contributed by atoms with van der Waals surface area (Å²) in [5.41, 5.74) is 3.13. The van der Waals surface area contributed by atoms with E-state index in [1.807, 2.05) is 29.2 Å². The molecule has 0 aliphatic carbocycles. The van der Waals surface area contributed by atoms with E-state index in [2.05, 4.69) is 29.2 Å². The lowest BCUT2D eigenvalue weighted by Crippen LogP contribution is -2.50. The lowest BCUT2D eigenvalue weighted by atomic mass is 10.1. The number of para-hydroxylation sites is 1. The van der Waals surface area contributed by atoms with Crippen LogP contribution in [0.1, 0.15) is 21.5 Å². The smallest absolute Gasteiger partial charge is 0.257 e. The van der Waals surface area contributed by atoms with E-state index >= 15 is 0 Å². The van der Waals surface area contributed by atoms with Crippen LogP contribution in [0.5, 0.6) is 5.75 Å². The third kappa shape index (κ3) is 3.11. The molecule has 3 aliphatic heterocycles. The van der Waals surface area contributed by atoms with Crippen molar-refractivity contribution in [3.05, 3.63) is 65.2 Å². The van der Waals surface area contributed by atoms with Crippen molar-refractivity contribution >= 4 is 5.91 Å². The highest BCUT2D eigenvalue weighted by Crippen LogP contribution is 2.32. The molecule has 0 aromatic heterocycles. The average molecular weight is 364 g/mol.